The van der Waals surface area contributed by atoms with E-state index in [0.29, 0.717) is 16.8 Å². The summed E-state index contributed by atoms with van der Waals surface area (Å²) >= 11 is 6.49. The van der Waals surface area contributed by atoms with Gasteiger partial charge in [0.2, 0.25) is 11.8 Å². The van der Waals surface area contributed by atoms with Crippen LogP contribution in [0.25, 0.3) is 0 Å². The monoisotopic (exact) mass is 502 g/mol. The van der Waals surface area contributed by atoms with Crippen LogP contribution in [-0.2, 0) is 9.59 Å². The molecule has 2 amide bonds. The van der Waals surface area contributed by atoms with Gasteiger partial charge in [0, 0.05) is 37.4 Å². The lowest BCUT2D eigenvalue weighted by atomic mass is 10.3. The Morgan fingerprint density at radius 3 is 1.89 bits per heavy atom. The van der Waals surface area contributed by atoms with E-state index in [0.717, 1.165) is 15.9 Å². The lowest BCUT2D eigenvalue weighted by molar-refractivity contribution is -0.115. The van der Waals surface area contributed by atoms with Crippen LogP contribution in [0.2, 0.25) is 0 Å². The molecular formula is C19H24Br2N2O4. The first kappa shape index (κ1) is 24.9. The number of carbonyl (C=O) groups excluding carboxylic acids is 2. The Balaban J connectivity index is 0.000000488. The standard InChI is InChI=1S/C10H12BrNO2.C8H8BrNO2.CH4/c1-3-14-10-6-8(12-7(2)13)4-5-9(10)11;1-5(11)10-6-2-3-7(9)8(12)4-6;/h4-6H,3H2,1-2H3,(H,12,13);2-4,12H,1H3,(H,10,11);1H4. The number of phenols is 1. The van der Waals surface area contributed by atoms with Crippen molar-refractivity contribution < 1.29 is 19.4 Å². The number of nitrogens with one attached hydrogen (secondary N) is 2. The summed E-state index contributed by atoms with van der Waals surface area (Å²) in [6.45, 7) is 5.40. The molecule has 0 aliphatic carbocycles. The fraction of sp³-hybridized carbons (Fsp3) is 0.263. The van der Waals surface area contributed by atoms with Crippen molar-refractivity contribution in [3.63, 3.8) is 0 Å². The van der Waals surface area contributed by atoms with Crippen molar-refractivity contribution in [2.24, 2.45) is 0 Å². The van der Waals surface area contributed by atoms with E-state index in [1.807, 2.05) is 19.1 Å². The smallest absolute Gasteiger partial charge is 0.221 e. The minimum absolute atomic E-state index is 0. The molecule has 0 aliphatic heterocycles. The first-order valence-electron chi connectivity index (χ1n) is 7.69. The van der Waals surface area contributed by atoms with Crippen LogP contribution in [0.3, 0.4) is 0 Å². The predicted molar refractivity (Wildman–Crippen MR) is 116 cm³/mol. The highest BCUT2D eigenvalue weighted by molar-refractivity contribution is 9.10. The normalized spacial score (nSPS) is 9.22. The second kappa shape index (κ2) is 12.3. The molecule has 0 atom stereocenters. The molecule has 0 saturated carbocycles. The molecule has 0 aliphatic rings. The number of amides is 2. The summed E-state index contributed by atoms with van der Waals surface area (Å²) in [5.41, 5.74) is 1.33. The van der Waals surface area contributed by atoms with Crippen LogP contribution in [-0.4, -0.2) is 23.5 Å². The van der Waals surface area contributed by atoms with E-state index in [9.17, 15) is 14.7 Å². The molecule has 0 bridgehead atoms. The van der Waals surface area contributed by atoms with Gasteiger partial charge in [-0.15, -0.1) is 0 Å². The molecule has 27 heavy (non-hydrogen) atoms. The summed E-state index contributed by atoms with van der Waals surface area (Å²) in [4.78, 5) is 21.4. The SMILES string of the molecule is C.CC(=O)Nc1ccc(Br)c(O)c1.CCOc1cc(NC(C)=O)ccc1Br. The third-order valence-corrected chi connectivity index (χ3v) is 4.14. The Labute approximate surface area is 176 Å². The Bertz CT molecular complexity index is 782. The molecule has 0 unspecified atom stereocenters. The van der Waals surface area contributed by atoms with Gasteiger partial charge in [-0.3, -0.25) is 9.59 Å². The van der Waals surface area contributed by atoms with Crippen LogP contribution in [0.15, 0.2) is 45.3 Å². The van der Waals surface area contributed by atoms with Crippen molar-refractivity contribution in [3.05, 3.63) is 45.3 Å². The molecule has 0 saturated heterocycles. The van der Waals surface area contributed by atoms with Gasteiger partial charge in [0.05, 0.1) is 15.6 Å². The second-order valence-electron chi connectivity index (χ2n) is 5.11. The number of benzene rings is 2. The first-order chi connectivity index (χ1) is 12.2. The average molecular weight is 504 g/mol. The molecule has 0 spiro atoms. The maximum Gasteiger partial charge on any atom is 0.221 e. The van der Waals surface area contributed by atoms with Crippen LogP contribution >= 0.6 is 31.9 Å². The van der Waals surface area contributed by atoms with Crippen molar-refractivity contribution >= 4 is 55.0 Å². The van der Waals surface area contributed by atoms with Gasteiger partial charge in [-0.1, -0.05) is 7.43 Å². The molecule has 148 valence electrons. The van der Waals surface area contributed by atoms with Gasteiger partial charge < -0.3 is 20.5 Å². The van der Waals surface area contributed by atoms with Gasteiger partial charge in [-0.05, 0) is 63.0 Å². The number of phenolic OH excluding ortho intramolecular Hbond substituents is 1. The molecule has 3 N–H and O–H groups in total. The molecule has 2 rings (SSSR count). The number of carbonyl (C=O) groups is 2. The topological polar surface area (TPSA) is 87.7 Å². The third kappa shape index (κ3) is 9.44. The molecule has 0 radical (unpaired) electrons. The van der Waals surface area contributed by atoms with Crippen LogP contribution in [0.4, 0.5) is 11.4 Å². The number of aromatic hydroxyl groups is 1. The molecule has 0 fully saturated rings. The van der Waals surface area contributed by atoms with Crippen LogP contribution in [0, 0.1) is 0 Å². The summed E-state index contributed by atoms with van der Waals surface area (Å²) in [5, 5.41) is 14.5. The van der Waals surface area contributed by atoms with Gasteiger partial charge in [0.25, 0.3) is 0 Å². The highest BCUT2D eigenvalue weighted by atomic mass is 79.9. The lowest BCUT2D eigenvalue weighted by Crippen LogP contribution is -2.05. The van der Waals surface area contributed by atoms with E-state index in [1.54, 1.807) is 18.2 Å². The van der Waals surface area contributed by atoms with Gasteiger partial charge in [0.15, 0.2) is 0 Å². The zero-order valence-corrected chi connectivity index (χ0v) is 17.8. The molecule has 6 nitrogen and oxygen atoms in total. The van der Waals surface area contributed by atoms with Crippen molar-refractivity contribution in [1.82, 2.24) is 0 Å². The summed E-state index contributed by atoms with van der Waals surface area (Å²) in [7, 11) is 0. The number of ether oxygens (including phenoxy) is 1. The Morgan fingerprint density at radius 1 is 0.963 bits per heavy atom. The highest BCUT2D eigenvalue weighted by Gasteiger charge is 2.03. The van der Waals surface area contributed by atoms with Crippen LogP contribution in [0.5, 0.6) is 11.5 Å². The van der Waals surface area contributed by atoms with E-state index >= 15 is 0 Å². The minimum atomic E-state index is -0.156. The average Bonchev–Trinajstić information content (AvgIpc) is 2.54. The molecular weight excluding hydrogens is 480 g/mol. The number of anilines is 2. The summed E-state index contributed by atoms with van der Waals surface area (Å²) in [5.74, 6) is 0.603. The fourth-order valence-corrected chi connectivity index (χ4v) is 2.45. The van der Waals surface area contributed by atoms with E-state index < -0.39 is 0 Å². The number of hydrogen-bond acceptors (Lipinski definition) is 4. The maximum atomic E-state index is 10.8. The molecule has 0 heterocycles. The number of halogens is 2. The first-order valence-corrected chi connectivity index (χ1v) is 9.27. The van der Waals surface area contributed by atoms with E-state index in [1.165, 1.54) is 19.9 Å². The summed E-state index contributed by atoms with van der Waals surface area (Å²) in [6.07, 6.45) is 0. The Morgan fingerprint density at radius 2 is 1.44 bits per heavy atom. The molecule has 2 aromatic carbocycles. The molecule has 0 aromatic heterocycles. The zero-order chi connectivity index (χ0) is 19.7. The van der Waals surface area contributed by atoms with E-state index in [2.05, 4.69) is 42.5 Å². The van der Waals surface area contributed by atoms with Crippen molar-refractivity contribution in [2.75, 3.05) is 17.2 Å². The quantitative estimate of drug-likeness (QED) is 0.510. The molecule has 2 aromatic rings. The highest BCUT2D eigenvalue weighted by Crippen LogP contribution is 2.28. The van der Waals surface area contributed by atoms with Gasteiger partial charge in [0.1, 0.15) is 11.5 Å². The van der Waals surface area contributed by atoms with Crippen molar-refractivity contribution in [3.8, 4) is 11.5 Å². The van der Waals surface area contributed by atoms with Crippen LogP contribution < -0.4 is 15.4 Å². The number of rotatable bonds is 4. The largest absolute Gasteiger partial charge is 0.507 e. The molecule has 8 heteroatoms. The van der Waals surface area contributed by atoms with Crippen LogP contribution in [0.1, 0.15) is 28.2 Å². The number of hydrogen-bond donors (Lipinski definition) is 3. The third-order valence-electron chi connectivity index (χ3n) is 2.82. The predicted octanol–water partition coefficient (Wildman–Crippen LogP) is 5.56. The summed E-state index contributed by atoms with van der Waals surface area (Å²) in [6, 6.07) is 10.3. The Kier molecular flexibility index (Phi) is 11.4. The Hall–Kier alpha value is -2.06. The second-order valence-corrected chi connectivity index (χ2v) is 6.82. The minimum Gasteiger partial charge on any atom is -0.507 e. The maximum absolute atomic E-state index is 10.8. The van der Waals surface area contributed by atoms with Gasteiger partial charge >= 0.3 is 0 Å². The van der Waals surface area contributed by atoms with Crippen molar-refractivity contribution in [1.29, 1.82) is 0 Å². The van der Waals surface area contributed by atoms with E-state index in [4.69, 9.17) is 4.74 Å². The fourth-order valence-electron chi connectivity index (χ4n) is 1.84. The van der Waals surface area contributed by atoms with E-state index in [-0.39, 0.29) is 25.0 Å². The lowest BCUT2D eigenvalue weighted by Gasteiger charge is -2.08. The van der Waals surface area contributed by atoms with Gasteiger partial charge in [-0.25, -0.2) is 0 Å². The van der Waals surface area contributed by atoms with Crippen molar-refractivity contribution in [2.45, 2.75) is 28.2 Å². The summed E-state index contributed by atoms with van der Waals surface area (Å²) < 4.78 is 6.85. The van der Waals surface area contributed by atoms with Gasteiger partial charge in [-0.2, -0.15) is 0 Å². The zero-order valence-electron chi connectivity index (χ0n) is 14.6.